The van der Waals surface area contributed by atoms with Gasteiger partial charge in [-0.15, -0.1) is 10.2 Å². The van der Waals surface area contributed by atoms with E-state index in [1.165, 1.54) is 0 Å². The first-order valence-corrected chi connectivity index (χ1v) is 6.98. The smallest absolute Gasteiger partial charge is 0.217 e. The molecule has 100 valence electrons. The molecule has 0 aromatic carbocycles. The molecule has 1 aromatic rings. The van der Waals surface area contributed by atoms with Gasteiger partial charge in [0.25, 0.3) is 0 Å². The van der Waals surface area contributed by atoms with Crippen molar-refractivity contribution in [2.45, 2.75) is 32.4 Å². The van der Waals surface area contributed by atoms with Gasteiger partial charge in [-0.3, -0.25) is 9.69 Å². The van der Waals surface area contributed by atoms with E-state index in [1.807, 2.05) is 7.05 Å². The van der Waals surface area contributed by atoms with Crippen LogP contribution in [0.15, 0.2) is 0 Å². The third-order valence-corrected chi connectivity index (χ3v) is 3.96. The number of hydrogen-bond acceptors (Lipinski definition) is 6. The van der Waals surface area contributed by atoms with Crippen LogP contribution in [0.2, 0.25) is 0 Å². The van der Waals surface area contributed by atoms with Crippen molar-refractivity contribution < 1.29 is 4.79 Å². The standard InChI is InChI=1S/C11H19N5OS/c1-8(17)13-9-3-5-16(6-4-9)7-10-14-15-11(12-2)18-10/h9H,3-7H2,1-2H3,(H,12,15)(H,13,17). The average Bonchev–Trinajstić information content (AvgIpc) is 2.79. The van der Waals surface area contributed by atoms with Gasteiger partial charge in [-0.25, -0.2) is 0 Å². The van der Waals surface area contributed by atoms with Gasteiger partial charge in [0.2, 0.25) is 11.0 Å². The van der Waals surface area contributed by atoms with Crippen molar-refractivity contribution in [3.63, 3.8) is 0 Å². The van der Waals surface area contributed by atoms with Gasteiger partial charge in [0, 0.05) is 33.1 Å². The molecule has 2 N–H and O–H groups in total. The van der Waals surface area contributed by atoms with Crippen LogP contribution in [0.3, 0.4) is 0 Å². The second-order valence-electron chi connectivity index (χ2n) is 4.50. The van der Waals surface area contributed by atoms with Crippen LogP contribution in [0.1, 0.15) is 24.8 Å². The lowest BCUT2D eigenvalue weighted by atomic mass is 10.1. The SMILES string of the molecule is CNc1nnc(CN2CCC(NC(C)=O)CC2)s1. The zero-order valence-corrected chi connectivity index (χ0v) is 11.6. The summed E-state index contributed by atoms with van der Waals surface area (Å²) in [4.78, 5) is 13.3. The fraction of sp³-hybridized carbons (Fsp3) is 0.727. The summed E-state index contributed by atoms with van der Waals surface area (Å²) >= 11 is 1.59. The van der Waals surface area contributed by atoms with Crippen molar-refractivity contribution >= 4 is 22.4 Å². The fourth-order valence-electron chi connectivity index (χ4n) is 2.13. The van der Waals surface area contributed by atoms with Gasteiger partial charge in [0.15, 0.2) is 0 Å². The van der Waals surface area contributed by atoms with E-state index in [1.54, 1.807) is 18.3 Å². The van der Waals surface area contributed by atoms with Gasteiger partial charge in [-0.2, -0.15) is 0 Å². The number of rotatable bonds is 4. The van der Waals surface area contributed by atoms with Crippen LogP contribution in [0.5, 0.6) is 0 Å². The van der Waals surface area contributed by atoms with E-state index in [0.717, 1.165) is 42.6 Å². The van der Waals surface area contributed by atoms with E-state index in [0.29, 0.717) is 6.04 Å². The van der Waals surface area contributed by atoms with Gasteiger partial charge in [-0.05, 0) is 12.8 Å². The molecule has 0 spiro atoms. The van der Waals surface area contributed by atoms with Crippen LogP contribution < -0.4 is 10.6 Å². The molecule has 0 bridgehead atoms. The number of carbonyl (C=O) groups excluding carboxylic acids is 1. The van der Waals surface area contributed by atoms with E-state index in [9.17, 15) is 4.79 Å². The van der Waals surface area contributed by atoms with E-state index in [-0.39, 0.29) is 5.91 Å². The number of hydrogen-bond donors (Lipinski definition) is 2. The summed E-state index contributed by atoms with van der Waals surface area (Å²) in [5.41, 5.74) is 0. The van der Waals surface area contributed by atoms with Crippen molar-refractivity contribution in [3.05, 3.63) is 5.01 Å². The molecular formula is C11H19N5OS. The Bertz CT molecular complexity index is 400. The van der Waals surface area contributed by atoms with Crippen molar-refractivity contribution in [2.24, 2.45) is 0 Å². The van der Waals surface area contributed by atoms with Crippen molar-refractivity contribution in [2.75, 3.05) is 25.5 Å². The molecule has 0 aliphatic carbocycles. The minimum atomic E-state index is 0.0660. The Morgan fingerprint density at radius 2 is 2.17 bits per heavy atom. The van der Waals surface area contributed by atoms with E-state index in [2.05, 4.69) is 25.7 Å². The van der Waals surface area contributed by atoms with Gasteiger partial charge in [0.1, 0.15) is 5.01 Å². The summed E-state index contributed by atoms with van der Waals surface area (Å²) in [7, 11) is 1.85. The number of nitrogens with zero attached hydrogens (tertiary/aromatic N) is 3. The molecule has 2 heterocycles. The minimum Gasteiger partial charge on any atom is -0.363 e. The van der Waals surface area contributed by atoms with Crippen LogP contribution >= 0.6 is 11.3 Å². The highest BCUT2D eigenvalue weighted by Gasteiger charge is 2.20. The van der Waals surface area contributed by atoms with Gasteiger partial charge >= 0.3 is 0 Å². The number of piperidine rings is 1. The number of carbonyl (C=O) groups is 1. The number of aromatic nitrogens is 2. The molecule has 0 atom stereocenters. The highest BCUT2D eigenvalue weighted by Crippen LogP contribution is 2.18. The second kappa shape index (κ2) is 6.10. The molecular weight excluding hydrogens is 250 g/mol. The molecule has 0 saturated carbocycles. The molecule has 18 heavy (non-hydrogen) atoms. The molecule has 6 nitrogen and oxygen atoms in total. The predicted molar refractivity (Wildman–Crippen MR) is 71.6 cm³/mol. The lowest BCUT2D eigenvalue weighted by Gasteiger charge is -2.31. The first-order chi connectivity index (χ1) is 8.67. The first kappa shape index (κ1) is 13.2. The lowest BCUT2D eigenvalue weighted by Crippen LogP contribution is -2.43. The largest absolute Gasteiger partial charge is 0.363 e. The molecule has 1 amide bonds. The topological polar surface area (TPSA) is 70.2 Å². The first-order valence-electron chi connectivity index (χ1n) is 6.17. The second-order valence-corrected chi connectivity index (χ2v) is 5.56. The molecule has 0 unspecified atom stereocenters. The maximum atomic E-state index is 11.0. The Kier molecular flexibility index (Phi) is 4.48. The summed E-state index contributed by atoms with van der Waals surface area (Å²) in [5, 5.41) is 16.0. The summed E-state index contributed by atoms with van der Waals surface area (Å²) in [6.45, 7) is 4.43. The zero-order chi connectivity index (χ0) is 13.0. The van der Waals surface area contributed by atoms with E-state index in [4.69, 9.17) is 0 Å². The van der Waals surface area contributed by atoms with Crippen LogP contribution in [0.4, 0.5) is 5.13 Å². The third kappa shape index (κ3) is 3.64. The van der Waals surface area contributed by atoms with E-state index < -0.39 is 0 Å². The van der Waals surface area contributed by atoms with Crippen LogP contribution in [0.25, 0.3) is 0 Å². The zero-order valence-electron chi connectivity index (χ0n) is 10.8. The number of nitrogens with one attached hydrogen (secondary N) is 2. The van der Waals surface area contributed by atoms with Gasteiger partial charge in [-0.1, -0.05) is 11.3 Å². The van der Waals surface area contributed by atoms with Crippen LogP contribution in [-0.2, 0) is 11.3 Å². The molecule has 1 aliphatic heterocycles. The molecule has 1 fully saturated rings. The highest BCUT2D eigenvalue weighted by molar-refractivity contribution is 7.15. The Morgan fingerprint density at radius 3 is 2.72 bits per heavy atom. The Morgan fingerprint density at radius 1 is 1.44 bits per heavy atom. The lowest BCUT2D eigenvalue weighted by molar-refractivity contribution is -0.119. The van der Waals surface area contributed by atoms with E-state index >= 15 is 0 Å². The fourth-order valence-corrected chi connectivity index (χ4v) is 2.87. The normalized spacial score (nSPS) is 17.7. The number of likely N-dealkylation sites (tertiary alicyclic amines) is 1. The Balaban J connectivity index is 1.78. The molecule has 1 aromatic heterocycles. The predicted octanol–water partition coefficient (Wildman–Crippen LogP) is 0.680. The molecule has 2 rings (SSSR count). The summed E-state index contributed by atoms with van der Waals surface area (Å²) < 4.78 is 0. The Hall–Kier alpha value is -1.21. The highest BCUT2D eigenvalue weighted by atomic mass is 32.1. The third-order valence-electron chi connectivity index (χ3n) is 3.03. The van der Waals surface area contributed by atoms with Gasteiger partial charge < -0.3 is 10.6 Å². The molecule has 1 aliphatic rings. The van der Waals surface area contributed by atoms with Crippen LogP contribution in [0, 0.1) is 0 Å². The summed E-state index contributed by atoms with van der Waals surface area (Å²) in [6.07, 6.45) is 2.02. The maximum absolute atomic E-state index is 11.0. The van der Waals surface area contributed by atoms with Crippen molar-refractivity contribution in [1.29, 1.82) is 0 Å². The summed E-state index contributed by atoms with van der Waals surface area (Å²) in [6, 6.07) is 0.334. The quantitative estimate of drug-likeness (QED) is 0.841. The van der Waals surface area contributed by atoms with Crippen molar-refractivity contribution in [1.82, 2.24) is 20.4 Å². The molecule has 0 radical (unpaired) electrons. The minimum absolute atomic E-state index is 0.0660. The van der Waals surface area contributed by atoms with Gasteiger partial charge in [0.05, 0.1) is 6.54 Å². The molecule has 1 saturated heterocycles. The number of anilines is 1. The average molecular weight is 269 g/mol. The maximum Gasteiger partial charge on any atom is 0.217 e. The van der Waals surface area contributed by atoms with Crippen LogP contribution in [-0.4, -0.2) is 47.2 Å². The Labute approximate surface area is 111 Å². The monoisotopic (exact) mass is 269 g/mol. The summed E-state index contributed by atoms with van der Waals surface area (Å²) in [5.74, 6) is 0.0660. The van der Waals surface area contributed by atoms with Crippen molar-refractivity contribution in [3.8, 4) is 0 Å². The molecule has 7 heteroatoms. The number of amides is 1.